The molecule has 0 unspecified atom stereocenters. The second-order valence-corrected chi connectivity index (χ2v) is 5.57. The van der Waals surface area contributed by atoms with Gasteiger partial charge >= 0.3 is 0 Å². The van der Waals surface area contributed by atoms with Crippen LogP contribution in [0.25, 0.3) is 0 Å². The summed E-state index contributed by atoms with van der Waals surface area (Å²) in [6.45, 7) is 4.07. The van der Waals surface area contributed by atoms with Crippen molar-refractivity contribution in [3.63, 3.8) is 0 Å². The van der Waals surface area contributed by atoms with Crippen molar-refractivity contribution in [1.82, 2.24) is 15.0 Å². The zero-order valence-corrected chi connectivity index (χ0v) is 11.7. The Balaban J connectivity index is 2.16. The Morgan fingerprint density at radius 3 is 2.61 bits per heavy atom. The number of rotatable bonds is 4. The number of hydrogen-bond donors (Lipinski definition) is 2. The Labute approximate surface area is 114 Å². The molecule has 0 radical (unpaired) electrons. The number of anilines is 1. The summed E-state index contributed by atoms with van der Waals surface area (Å²) in [5, 5.41) is 6.21. The maximum atomic E-state index is 5.47. The summed E-state index contributed by atoms with van der Waals surface area (Å²) in [6, 6.07) is 0. The number of thiocarbonyl (C=S) groups is 1. The fraction of sp³-hybridized carbons (Fsp3) is 0.273. The molecule has 0 fully saturated rings. The van der Waals surface area contributed by atoms with E-state index < -0.39 is 0 Å². The third-order valence-electron chi connectivity index (χ3n) is 2.31. The predicted octanol–water partition coefficient (Wildman–Crippen LogP) is 1.91. The van der Waals surface area contributed by atoms with Crippen LogP contribution in [-0.4, -0.2) is 19.9 Å². The summed E-state index contributed by atoms with van der Waals surface area (Å²) >= 11 is 6.42. The van der Waals surface area contributed by atoms with Gasteiger partial charge in [0.25, 0.3) is 0 Å². The van der Waals surface area contributed by atoms with E-state index in [0.29, 0.717) is 11.5 Å². The Bertz CT molecular complexity index is 533. The van der Waals surface area contributed by atoms with Gasteiger partial charge in [-0.15, -0.1) is 11.3 Å². The number of aromatic nitrogens is 3. The molecule has 94 valence electrons. The minimum atomic E-state index is -0.298. The summed E-state index contributed by atoms with van der Waals surface area (Å²) in [5.41, 5.74) is 5.69. The molecule has 5 nitrogen and oxygen atoms in total. The zero-order chi connectivity index (χ0) is 13.2. The fourth-order valence-electron chi connectivity index (χ4n) is 1.43. The quantitative estimate of drug-likeness (QED) is 0.833. The van der Waals surface area contributed by atoms with Gasteiger partial charge in [0.2, 0.25) is 0 Å². The highest BCUT2D eigenvalue weighted by molar-refractivity contribution is 7.80. The second-order valence-electron chi connectivity index (χ2n) is 4.24. The highest BCUT2D eigenvalue weighted by Crippen LogP contribution is 2.25. The van der Waals surface area contributed by atoms with Crippen molar-refractivity contribution in [2.75, 3.05) is 5.32 Å². The lowest BCUT2D eigenvalue weighted by atomic mass is 10.1. The van der Waals surface area contributed by atoms with Gasteiger partial charge in [0.1, 0.15) is 21.5 Å². The summed E-state index contributed by atoms with van der Waals surface area (Å²) in [4.78, 5) is 12.9. The highest BCUT2D eigenvalue weighted by Gasteiger charge is 2.23. The van der Waals surface area contributed by atoms with Crippen LogP contribution in [0, 0.1) is 0 Å². The molecule has 2 aromatic rings. The van der Waals surface area contributed by atoms with E-state index >= 15 is 0 Å². The van der Waals surface area contributed by atoms with Gasteiger partial charge in [-0.05, 0) is 13.8 Å². The van der Waals surface area contributed by atoms with E-state index in [9.17, 15) is 0 Å². The molecule has 0 aliphatic heterocycles. The second kappa shape index (κ2) is 4.95. The molecule has 0 amide bonds. The number of nitrogens with one attached hydrogen (secondary N) is 1. The molecule has 3 N–H and O–H groups in total. The van der Waals surface area contributed by atoms with Gasteiger partial charge in [-0.3, -0.25) is 0 Å². The van der Waals surface area contributed by atoms with Crippen LogP contribution >= 0.6 is 23.6 Å². The predicted molar refractivity (Wildman–Crippen MR) is 76.7 cm³/mol. The lowest BCUT2D eigenvalue weighted by Gasteiger charge is -2.24. The van der Waals surface area contributed by atoms with Crippen molar-refractivity contribution < 1.29 is 0 Å². The zero-order valence-electron chi connectivity index (χ0n) is 10.0. The smallest absolute Gasteiger partial charge is 0.145 e. The van der Waals surface area contributed by atoms with Crippen molar-refractivity contribution >= 4 is 34.4 Å². The van der Waals surface area contributed by atoms with Crippen LogP contribution in [0.5, 0.6) is 0 Å². The standard InChI is InChI=1S/C11H13N5S2/c1-11(2,10-13-3-4-18-10)16-8-6-14-7(5-15-8)9(12)17/h3-6H,1-2H3,(H2,12,17)(H,15,16). The fourth-order valence-corrected chi connectivity index (χ4v) is 2.25. The molecule has 0 aliphatic carbocycles. The summed E-state index contributed by atoms with van der Waals surface area (Å²) in [7, 11) is 0. The van der Waals surface area contributed by atoms with Crippen LogP contribution in [0.15, 0.2) is 24.0 Å². The van der Waals surface area contributed by atoms with E-state index in [2.05, 4.69) is 20.3 Å². The molecular weight excluding hydrogens is 266 g/mol. The van der Waals surface area contributed by atoms with Crippen LogP contribution < -0.4 is 11.1 Å². The van der Waals surface area contributed by atoms with Gasteiger partial charge in [-0.1, -0.05) is 12.2 Å². The van der Waals surface area contributed by atoms with E-state index in [4.69, 9.17) is 18.0 Å². The first kappa shape index (κ1) is 12.8. The molecule has 0 spiro atoms. The Morgan fingerprint density at radius 2 is 2.11 bits per heavy atom. The van der Waals surface area contributed by atoms with Gasteiger partial charge in [-0.2, -0.15) is 0 Å². The molecule has 0 aromatic carbocycles. The van der Waals surface area contributed by atoms with Crippen molar-refractivity contribution in [3.05, 3.63) is 34.7 Å². The molecule has 0 saturated carbocycles. The molecule has 0 atom stereocenters. The van der Waals surface area contributed by atoms with E-state index in [0.717, 1.165) is 5.01 Å². The van der Waals surface area contributed by atoms with Crippen molar-refractivity contribution in [2.45, 2.75) is 19.4 Å². The number of thiazole rings is 1. The normalized spacial score (nSPS) is 11.2. The maximum absolute atomic E-state index is 5.47. The summed E-state index contributed by atoms with van der Waals surface area (Å²) in [5.74, 6) is 0.662. The van der Waals surface area contributed by atoms with Gasteiger partial charge in [0.15, 0.2) is 0 Å². The van der Waals surface area contributed by atoms with Gasteiger partial charge in [0.05, 0.1) is 17.9 Å². The molecule has 0 aliphatic rings. The van der Waals surface area contributed by atoms with E-state index in [1.54, 1.807) is 29.9 Å². The first-order valence-corrected chi connectivity index (χ1v) is 6.58. The first-order chi connectivity index (χ1) is 8.49. The summed E-state index contributed by atoms with van der Waals surface area (Å²) in [6.07, 6.45) is 4.96. The molecule has 7 heteroatoms. The number of nitrogens with two attached hydrogens (primary N) is 1. The SMILES string of the molecule is CC(C)(Nc1cnc(C(N)=S)cn1)c1nccs1. The third kappa shape index (κ3) is 2.80. The van der Waals surface area contributed by atoms with E-state index in [-0.39, 0.29) is 10.5 Å². The van der Waals surface area contributed by atoms with Gasteiger partial charge in [0, 0.05) is 11.6 Å². The van der Waals surface area contributed by atoms with Crippen molar-refractivity contribution in [3.8, 4) is 0 Å². The average molecular weight is 279 g/mol. The van der Waals surface area contributed by atoms with Crippen LogP contribution in [0.2, 0.25) is 0 Å². The van der Waals surface area contributed by atoms with Gasteiger partial charge < -0.3 is 11.1 Å². The topological polar surface area (TPSA) is 76.7 Å². The Morgan fingerprint density at radius 1 is 1.33 bits per heavy atom. The van der Waals surface area contributed by atoms with Crippen LogP contribution in [0.4, 0.5) is 5.82 Å². The lowest BCUT2D eigenvalue weighted by molar-refractivity contribution is 0.600. The first-order valence-electron chi connectivity index (χ1n) is 5.29. The average Bonchev–Trinajstić information content (AvgIpc) is 2.83. The summed E-state index contributed by atoms with van der Waals surface area (Å²) < 4.78 is 0. The highest BCUT2D eigenvalue weighted by atomic mass is 32.1. The largest absolute Gasteiger partial charge is 0.388 e. The minimum absolute atomic E-state index is 0.244. The number of hydrogen-bond acceptors (Lipinski definition) is 6. The third-order valence-corrected chi connectivity index (χ3v) is 3.62. The molecule has 2 aromatic heterocycles. The van der Waals surface area contributed by atoms with Crippen LogP contribution in [0.1, 0.15) is 24.5 Å². The van der Waals surface area contributed by atoms with E-state index in [1.807, 2.05) is 19.2 Å². The van der Waals surface area contributed by atoms with Gasteiger partial charge in [-0.25, -0.2) is 15.0 Å². The molecule has 18 heavy (non-hydrogen) atoms. The van der Waals surface area contributed by atoms with Crippen molar-refractivity contribution in [1.29, 1.82) is 0 Å². The molecule has 2 rings (SSSR count). The monoisotopic (exact) mass is 279 g/mol. The maximum Gasteiger partial charge on any atom is 0.145 e. The Kier molecular flexibility index (Phi) is 3.53. The molecular formula is C11H13N5S2. The molecule has 2 heterocycles. The molecule has 0 bridgehead atoms. The van der Waals surface area contributed by atoms with Crippen molar-refractivity contribution in [2.24, 2.45) is 5.73 Å². The van der Waals surface area contributed by atoms with Crippen LogP contribution in [0.3, 0.4) is 0 Å². The number of nitrogens with zero attached hydrogens (tertiary/aromatic N) is 3. The van der Waals surface area contributed by atoms with Crippen LogP contribution in [-0.2, 0) is 5.54 Å². The minimum Gasteiger partial charge on any atom is -0.388 e. The lowest BCUT2D eigenvalue weighted by Crippen LogP contribution is -2.28. The van der Waals surface area contributed by atoms with E-state index in [1.165, 1.54) is 0 Å². The Hall–Kier alpha value is -1.60. The molecule has 0 saturated heterocycles.